The van der Waals surface area contributed by atoms with Crippen LogP contribution in [0.4, 0.5) is 0 Å². The van der Waals surface area contributed by atoms with Crippen LogP contribution in [0.5, 0.6) is 0 Å². The fourth-order valence-electron chi connectivity index (χ4n) is 3.34. The SMILES string of the molecule is CCC(=O)N(C)CC(=O)N1N=C(c2cccn2C)C[C@@H]1c1ccc(C)cc1. The second kappa shape index (κ2) is 7.78. The van der Waals surface area contributed by atoms with Crippen molar-refractivity contribution in [1.82, 2.24) is 14.5 Å². The molecule has 6 heteroatoms. The summed E-state index contributed by atoms with van der Waals surface area (Å²) in [5, 5.41) is 6.20. The molecule has 0 unspecified atom stereocenters. The van der Waals surface area contributed by atoms with Crippen molar-refractivity contribution < 1.29 is 9.59 Å². The number of hydrogen-bond acceptors (Lipinski definition) is 3. The zero-order chi connectivity index (χ0) is 19.6. The van der Waals surface area contributed by atoms with Crippen molar-refractivity contribution in [1.29, 1.82) is 0 Å². The Bertz CT molecular complexity index is 867. The fraction of sp³-hybridized carbons (Fsp3) is 0.381. The van der Waals surface area contributed by atoms with Crippen LogP contribution in [0.25, 0.3) is 0 Å². The molecule has 6 nitrogen and oxygen atoms in total. The van der Waals surface area contributed by atoms with Gasteiger partial charge in [-0.3, -0.25) is 9.59 Å². The number of amides is 2. The van der Waals surface area contributed by atoms with Gasteiger partial charge in [0.25, 0.3) is 5.91 Å². The number of hydrazone groups is 1. The molecule has 0 aliphatic carbocycles. The van der Waals surface area contributed by atoms with Crippen LogP contribution in [0, 0.1) is 6.92 Å². The first kappa shape index (κ1) is 18.9. The molecule has 2 heterocycles. The second-order valence-electron chi connectivity index (χ2n) is 7.02. The van der Waals surface area contributed by atoms with Crippen molar-refractivity contribution in [2.24, 2.45) is 12.1 Å². The molecule has 2 aromatic rings. The van der Waals surface area contributed by atoms with Gasteiger partial charge in [-0.15, -0.1) is 0 Å². The molecule has 0 radical (unpaired) electrons. The molecule has 1 aromatic carbocycles. The van der Waals surface area contributed by atoms with Crippen molar-refractivity contribution in [2.75, 3.05) is 13.6 Å². The number of hydrogen-bond donors (Lipinski definition) is 0. The Kier molecular flexibility index (Phi) is 5.44. The van der Waals surface area contributed by atoms with E-state index in [9.17, 15) is 9.59 Å². The molecule has 0 bridgehead atoms. The Labute approximate surface area is 160 Å². The minimum atomic E-state index is -0.172. The predicted molar refractivity (Wildman–Crippen MR) is 105 cm³/mol. The van der Waals surface area contributed by atoms with E-state index in [-0.39, 0.29) is 24.4 Å². The van der Waals surface area contributed by atoms with Gasteiger partial charge < -0.3 is 9.47 Å². The third kappa shape index (κ3) is 3.94. The van der Waals surface area contributed by atoms with E-state index in [1.165, 1.54) is 10.5 Å². The Morgan fingerprint density at radius 3 is 2.52 bits per heavy atom. The Morgan fingerprint density at radius 1 is 1.22 bits per heavy atom. The minimum Gasteiger partial charge on any atom is -0.350 e. The smallest absolute Gasteiger partial charge is 0.262 e. The summed E-state index contributed by atoms with van der Waals surface area (Å²) in [5.74, 6) is -0.227. The van der Waals surface area contributed by atoms with E-state index < -0.39 is 0 Å². The van der Waals surface area contributed by atoms with Crippen LogP contribution in [-0.2, 0) is 16.6 Å². The van der Waals surface area contributed by atoms with Crippen LogP contribution in [0.15, 0.2) is 47.7 Å². The van der Waals surface area contributed by atoms with Crippen molar-refractivity contribution in [2.45, 2.75) is 32.7 Å². The zero-order valence-corrected chi connectivity index (χ0v) is 16.3. The summed E-state index contributed by atoms with van der Waals surface area (Å²) >= 11 is 0. The van der Waals surface area contributed by atoms with E-state index in [0.717, 1.165) is 17.0 Å². The molecule has 0 saturated heterocycles. The van der Waals surface area contributed by atoms with Crippen LogP contribution in [-0.4, -0.2) is 45.6 Å². The van der Waals surface area contributed by atoms with E-state index in [1.54, 1.807) is 19.0 Å². The quantitative estimate of drug-likeness (QED) is 0.817. The van der Waals surface area contributed by atoms with Gasteiger partial charge in [-0.1, -0.05) is 36.8 Å². The lowest BCUT2D eigenvalue weighted by Gasteiger charge is -2.24. The summed E-state index contributed by atoms with van der Waals surface area (Å²) < 4.78 is 2.01. The zero-order valence-electron chi connectivity index (χ0n) is 16.3. The third-order valence-corrected chi connectivity index (χ3v) is 4.97. The van der Waals surface area contributed by atoms with Crippen LogP contribution < -0.4 is 0 Å². The first-order chi connectivity index (χ1) is 12.9. The van der Waals surface area contributed by atoms with E-state index >= 15 is 0 Å². The maximum absolute atomic E-state index is 12.9. The van der Waals surface area contributed by atoms with Gasteiger partial charge in [0.05, 0.1) is 17.4 Å². The van der Waals surface area contributed by atoms with Crippen molar-refractivity contribution in [3.05, 3.63) is 59.4 Å². The van der Waals surface area contributed by atoms with Gasteiger partial charge in [0.15, 0.2) is 0 Å². The van der Waals surface area contributed by atoms with E-state index in [1.807, 2.05) is 61.1 Å². The molecule has 0 saturated carbocycles. The largest absolute Gasteiger partial charge is 0.350 e. The lowest BCUT2D eigenvalue weighted by atomic mass is 9.99. The third-order valence-electron chi connectivity index (χ3n) is 4.97. The van der Waals surface area contributed by atoms with Crippen molar-refractivity contribution in [3.63, 3.8) is 0 Å². The highest BCUT2D eigenvalue weighted by Crippen LogP contribution is 2.33. The molecule has 0 N–H and O–H groups in total. The van der Waals surface area contributed by atoms with Crippen LogP contribution in [0.1, 0.15) is 42.6 Å². The summed E-state index contributed by atoms with van der Waals surface area (Å²) in [6, 6.07) is 12.0. The molecular weight excluding hydrogens is 340 g/mol. The lowest BCUT2D eigenvalue weighted by Crippen LogP contribution is -2.38. The fourth-order valence-corrected chi connectivity index (χ4v) is 3.34. The number of benzene rings is 1. The Hall–Kier alpha value is -2.89. The number of likely N-dealkylation sites (N-methyl/N-ethyl adjacent to an activating group) is 1. The molecule has 27 heavy (non-hydrogen) atoms. The lowest BCUT2D eigenvalue weighted by molar-refractivity contribution is -0.140. The number of nitrogens with zero attached hydrogens (tertiary/aromatic N) is 4. The molecule has 1 atom stereocenters. The summed E-state index contributed by atoms with van der Waals surface area (Å²) in [5.41, 5.74) is 4.10. The van der Waals surface area contributed by atoms with Crippen molar-refractivity contribution >= 4 is 17.5 Å². The van der Waals surface area contributed by atoms with Crippen LogP contribution in [0.3, 0.4) is 0 Å². The summed E-state index contributed by atoms with van der Waals surface area (Å²) in [6.07, 6.45) is 3.00. The second-order valence-corrected chi connectivity index (χ2v) is 7.02. The molecule has 1 aliphatic heterocycles. The summed E-state index contributed by atoms with van der Waals surface area (Å²) in [4.78, 5) is 26.3. The van der Waals surface area contributed by atoms with Crippen molar-refractivity contribution in [3.8, 4) is 0 Å². The maximum Gasteiger partial charge on any atom is 0.262 e. The highest BCUT2D eigenvalue weighted by atomic mass is 16.2. The van der Waals surface area contributed by atoms with Crippen LogP contribution in [0.2, 0.25) is 0 Å². The van der Waals surface area contributed by atoms with Gasteiger partial charge in [-0.25, -0.2) is 5.01 Å². The number of carbonyl (C=O) groups is 2. The molecule has 3 rings (SSSR count). The molecule has 1 aromatic heterocycles. The Balaban J connectivity index is 1.90. The van der Waals surface area contributed by atoms with Gasteiger partial charge in [0.1, 0.15) is 6.54 Å². The highest BCUT2D eigenvalue weighted by molar-refractivity contribution is 6.02. The van der Waals surface area contributed by atoms with E-state index in [4.69, 9.17) is 0 Å². The van der Waals surface area contributed by atoms with Gasteiger partial charge in [0.2, 0.25) is 5.91 Å². The predicted octanol–water partition coefficient (Wildman–Crippen LogP) is 2.88. The van der Waals surface area contributed by atoms with E-state index in [2.05, 4.69) is 5.10 Å². The average molecular weight is 366 g/mol. The number of carbonyl (C=O) groups excluding carboxylic acids is 2. The van der Waals surface area contributed by atoms with E-state index in [0.29, 0.717) is 12.8 Å². The average Bonchev–Trinajstić information content (AvgIpc) is 3.27. The standard InChI is InChI=1S/C21H26N4O2/c1-5-20(26)24(4)14-21(27)25-19(16-10-8-15(2)9-11-16)13-17(22-25)18-7-6-12-23(18)3/h6-12,19H,5,13-14H2,1-4H3/t19-/m1/s1. The number of aromatic nitrogens is 1. The molecule has 1 aliphatic rings. The molecule has 0 fully saturated rings. The topological polar surface area (TPSA) is 57.9 Å². The molecule has 142 valence electrons. The normalized spacial score (nSPS) is 16.4. The Morgan fingerprint density at radius 2 is 1.93 bits per heavy atom. The molecular formula is C21H26N4O2. The maximum atomic E-state index is 12.9. The first-order valence-electron chi connectivity index (χ1n) is 9.22. The van der Waals surface area contributed by atoms with Gasteiger partial charge in [0, 0.05) is 33.1 Å². The number of rotatable bonds is 5. The minimum absolute atomic E-state index is 0.0267. The summed E-state index contributed by atoms with van der Waals surface area (Å²) in [7, 11) is 3.62. The molecule has 0 spiro atoms. The summed E-state index contributed by atoms with van der Waals surface area (Å²) in [6.45, 7) is 3.86. The van der Waals surface area contributed by atoms with Gasteiger partial charge >= 0.3 is 0 Å². The number of aryl methyl sites for hydroxylation is 2. The van der Waals surface area contributed by atoms with Crippen LogP contribution >= 0.6 is 0 Å². The van der Waals surface area contributed by atoms with Gasteiger partial charge in [-0.2, -0.15) is 5.10 Å². The van der Waals surface area contributed by atoms with Gasteiger partial charge in [-0.05, 0) is 24.6 Å². The molecule has 2 amide bonds. The first-order valence-corrected chi connectivity index (χ1v) is 9.22. The monoisotopic (exact) mass is 366 g/mol. The highest BCUT2D eigenvalue weighted by Gasteiger charge is 2.34.